The molecule has 128 valence electrons. The van der Waals surface area contributed by atoms with Crippen LogP contribution in [0.3, 0.4) is 0 Å². The Kier molecular flexibility index (Phi) is 6.27. The molecular formula is C17H15ClN4OS2. The zero-order chi connectivity index (χ0) is 17.5. The molecule has 25 heavy (non-hydrogen) atoms. The first-order chi connectivity index (χ1) is 12.2. The number of anilines is 2. The largest absolute Gasteiger partial charge is 0.351 e. The van der Waals surface area contributed by atoms with E-state index in [1.807, 2.05) is 42.5 Å². The van der Waals surface area contributed by atoms with Crippen LogP contribution in [0.25, 0.3) is 0 Å². The van der Waals surface area contributed by atoms with Crippen LogP contribution in [-0.2, 0) is 11.3 Å². The maximum Gasteiger partial charge on any atom is 0.230 e. The number of thioether (sulfide) groups is 1. The summed E-state index contributed by atoms with van der Waals surface area (Å²) < 4.78 is 0.750. The smallest absolute Gasteiger partial charge is 0.230 e. The Morgan fingerprint density at radius 2 is 1.84 bits per heavy atom. The minimum Gasteiger partial charge on any atom is -0.351 e. The minimum absolute atomic E-state index is 0.0484. The molecule has 1 heterocycles. The molecule has 0 aliphatic carbocycles. The van der Waals surface area contributed by atoms with E-state index in [9.17, 15) is 4.79 Å². The van der Waals surface area contributed by atoms with E-state index in [1.54, 1.807) is 12.1 Å². The van der Waals surface area contributed by atoms with E-state index in [0.717, 1.165) is 15.6 Å². The average molecular weight is 391 g/mol. The van der Waals surface area contributed by atoms with E-state index >= 15 is 0 Å². The van der Waals surface area contributed by atoms with Gasteiger partial charge in [0.1, 0.15) is 0 Å². The molecule has 5 nitrogen and oxygen atoms in total. The highest BCUT2D eigenvalue weighted by Gasteiger charge is 2.08. The molecule has 1 amide bonds. The Hall–Kier alpha value is -2.09. The summed E-state index contributed by atoms with van der Waals surface area (Å²) in [6.07, 6.45) is 0. The molecule has 0 radical (unpaired) electrons. The van der Waals surface area contributed by atoms with Gasteiger partial charge in [-0.2, -0.15) is 0 Å². The van der Waals surface area contributed by atoms with Gasteiger partial charge in [-0.1, -0.05) is 65.0 Å². The second kappa shape index (κ2) is 8.84. The molecule has 0 bridgehead atoms. The Morgan fingerprint density at radius 1 is 1.08 bits per heavy atom. The predicted molar refractivity (Wildman–Crippen MR) is 104 cm³/mol. The van der Waals surface area contributed by atoms with Crippen molar-refractivity contribution in [3.8, 4) is 0 Å². The molecular weight excluding hydrogens is 376 g/mol. The minimum atomic E-state index is -0.0484. The molecule has 0 saturated heterocycles. The van der Waals surface area contributed by atoms with Crippen LogP contribution < -0.4 is 10.6 Å². The molecule has 2 aromatic carbocycles. The number of benzene rings is 2. The van der Waals surface area contributed by atoms with Crippen LogP contribution in [-0.4, -0.2) is 21.9 Å². The van der Waals surface area contributed by atoms with Gasteiger partial charge in [0.15, 0.2) is 4.34 Å². The van der Waals surface area contributed by atoms with Gasteiger partial charge in [0.05, 0.1) is 5.75 Å². The van der Waals surface area contributed by atoms with Crippen molar-refractivity contribution in [3.63, 3.8) is 0 Å². The van der Waals surface area contributed by atoms with Crippen LogP contribution in [0.1, 0.15) is 5.56 Å². The Labute approximate surface area is 158 Å². The van der Waals surface area contributed by atoms with Gasteiger partial charge in [0.2, 0.25) is 11.0 Å². The van der Waals surface area contributed by atoms with Crippen molar-refractivity contribution in [2.24, 2.45) is 0 Å². The topological polar surface area (TPSA) is 66.9 Å². The molecule has 3 rings (SSSR count). The lowest BCUT2D eigenvalue weighted by atomic mass is 10.2. The maximum atomic E-state index is 11.9. The summed E-state index contributed by atoms with van der Waals surface area (Å²) in [4.78, 5) is 11.9. The van der Waals surface area contributed by atoms with Gasteiger partial charge in [0, 0.05) is 17.3 Å². The maximum absolute atomic E-state index is 11.9. The second-order valence-corrected chi connectivity index (χ2v) is 7.69. The molecule has 0 atom stereocenters. The van der Waals surface area contributed by atoms with Crippen molar-refractivity contribution in [2.45, 2.75) is 10.9 Å². The third-order valence-electron chi connectivity index (χ3n) is 3.16. The molecule has 3 aromatic rings. The van der Waals surface area contributed by atoms with Crippen LogP contribution in [0.5, 0.6) is 0 Å². The lowest BCUT2D eigenvalue weighted by molar-refractivity contribution is -0.118. The molecule has 1 aromatic heterocycles. The summed E-state index contributed by atoms with van der Waals surface area (Å²) in [7, 11) is 0. The first kappa shape index (κ1) is 17.7. The van der Waals surface area contributed by atoms with Crippen molar-refractivity contribution in [1.29, 1.82) is 0 Å². The Balaban J connectivity index is 1.43. The first-order valence-corrected chi connectivity index (χ1v) is 9.66. The van der Waals surface area contributed by atoms with E-state index in [1.165, 1.54) is 23.1 Å². The van der Waals surface area contributed by atoms with Crippen molar-refractivity contribution in [3.05, 3.63) is 65.2 Å². The summed E-state index contributed by atoms with van der Waals surface area (Å²) in [6, 6.07) is 17.2. The Bertz CT molecular complexity index is 824. The highest BCUT2D eigenvalue weighted by molar-refractivity contribution is 8.01. The number of rotatable bonds is 7. The lowest BCUT2D eigenvalue weighted by Gasteiger charge is -2.04. The van der Waals surface area contributed by atoms with Gasteiger partial charge in [0.25, 0.3) is 0 Å². The summed E-state index contributed by atoms with van der Waals surface area (Å²) in [6.45, 7) is 0.480. The van der Waals surface area contributed by atoms with Gasteiger partial charge in [-0.05, 0) is 29.8 Å². The number of aromatic nitrogens is 2. The fourth-order valence-corrected chi connectivity index (χ4v) is 3.67. The van der Waals surface area contributed by atoms with Gasteiger partial charge in [-0.3, -0.25) is 4.79 Å². The van der Waals surface area contributed by atoms with Gasteiger partial charge in [-0.25, -0.2) is 0 Å². The molecule has 2 N–H and O–H groups in total. The summed E-state index contributed by atoms with van der Waals surface area (Å²) >= 11 is 8.63. The van der Waals surface area contributed by atoms with Crippen molar-refractivity contribution in [1.82, 2.24) is 15.5 Å². The number of halogens is 1. The molecule has 8 heteroatoms. The molecule has 0 unspecified atom stereocenters. The van der Waals surface area contributed by atoms with E-state index in [-0.39, 0.29) is 5.91 Å². The van der Waals surface area contributed by atoms with E-state index in [2.05, 4.69) is 20.8 Å². The van der Waals surface area contributed by atoms with E-state index in [4.69, 9.17) is 11.6 Å². The number of hydrogen-bond acceptors (Lipinski definition) is 6. The van der Waals surface area contributed by atoms with Crippen molar-refractivity contribution < 1.29 is 4.79 Å². The monoisotopic (exact) mass is 390 g/mol. The lowest BCUT2D eigenvalue weighted by Crippen LogP contribution is -2.24. The SMILES string of the molecule is O=C(CSc1nnc(Nc2ccccc2)s1)NCc1ccc(Cl)cc1. The molecule has 0 saturated carbocycles. The number of amides is 1. The third kappa shape index (κ3) is 5.74. The standard InChI is InChI=1S/C17H15ClN4OS2/c18-13-8-6-12(7-9-13)10-19-15(23)11-24-17-22-21-16(25-17)20-14-4-2-1-3-5-14/h1-9H,10-11H2,(H,19,23)(H,20,21). The zero-order valence-electron chi connectivity index (χ0n) is 13.1. The van der Waals surface area contributed by atoms with E-state index in [0.29, 0.717) is 22.5 Å². The number of nitrogens with one attached hydrogen (secondary N) is 2. The van der Waals surface area contributed by atoms with Crippen LogP contribution in [0.15, 0.2) is 58.9 Å². The quantitative estimate of drug-likeness (QED) is 0.587. The van der Waals surface area contributed by atoms with Crippen LogP contribution in [0.2, 0.25) is 5.02 Å². The van der Waals surface area contributed by atoms with Crippen molar-refractivity contribution >= 4 is 51.4 Å². The number of para-hydroxylation sites is 1. The second-order valence-electron chi connectivity index (χ2n) is 5.06. The van der Waals surface area contributed by atoms with Crippen LogP contribution >= 0.6 is 34.7 Å². The number of hydrogen-bond donors (Lipinski definition) is 2. The number of nitrogens with zero attached hydrogens (tertiary/aromatic N) is 2. The molecule has 0 spiro atoms. The van der Waals surface area contributed by atoms with Gasteiger partial charge >= 0.3 is 0 Å². The number of carbonyl (C=O) groups excluding carboxylic acids is 1. The normalized spacial score (nSPS) is 10.4. The molecule has 0 aliphatic rings. The number of carbonyl (C=O) groups is 1. The van der Waals surface area contributed by atoms with Crippen LogP contribution in [0.4, 0.5) is 10.8 Å². The fraction of sp³-hybridized carbons (Fsp3) is 0.118. The third-order valence-corrected chi connectivity index (χ3v) is 5.39. The van der Waals surface area contributed by atoms with E-state index < -0.39 is 0 Å². The van der Waals surface area contributed by atoms with Gasteiger partial charge in [-0.15, -0.1) is 10.2 Å². The molecule has 0 aliphatic heterocycles. The molecule has 0 fully saturated rings. The summed E-state index contributed by atoms with van der Waals surface area (Å²) in [5, 5.41) is 15.6. The Morgan fingerprint density at radius 3 is 2.60 bits per heavy atom. The summed E-state index contributed by atoms with van der Waals surface area (Å²) in [5.74, 6) is 0.251. The van der Waals surface area contributed by atoms with Crippen molar-refractivity contribution in [2.75, 3.05) is 11.1 Å². The average Bonchev–Trinajstić information content (AvgIpc) is 3.08. The highest BCUT2D eigenvalue weighted by atomic mass is 35.5. The predicted octanol–water partition coefficient (Wildman–Crippen LogP) is 4.34. The summed E-state index contributed by atoms with van der Waals surface area (Å²) in [5.41, 5.74) is 1.96. The van der Waals surface area contributed by atoms with Gasteiger partial charge < -0.3 is 10.6 Å². The first-order valence-electron chi connectivity index (χ1n) is 7.48. The highest BCUT2D eigenvalue weighted by Crippen LogP contribution is 2.27. The fourth-order valence-electron chi connectivity index (χ4n) is 1.94. The van der Waals surface area contributed by atoms with Crippen LogP contribution in [0, 0.1) is 0 Å². The zero-order valence-corrected chi connectivity index (χ0v) is 15.5.